The van der Waals surface area contributed by atoms with Crippen LogP contribution in [0.2, 0.25) is 0 Å². The predicted octanol–water partition coefficient (Wildman–Crippen LogP) is 2.14. The summed E-state index contributed by atoms with van der Waals surface area (Å²) in [5.74, 6) is 0. The fourth-order valence-electron chi connectivity index (χ4n) is 2.75. The fraction of sp³-hybridized carbons (Fsp3) is 0.923. The molecular formula is C13H24N2O2. The van der Waals surface area contributed by atoms with Gasteiger partial charge >= 0.3 is 6.03 Å². The molecule has 0 atom stereocenters. The Kier molecular flexibility index (Phi) is 3.10. The average Bonchev–Trinajstić information content (AvgIpc) is 2.05. The maximum atomic E-state index is 12.1. The first-order chi connectivity index (χ1) is 7.77. The molecule has 2 rings (SSSR count). The van der Waals surface area contributed by atoms with Crippen molar-refractivity contribution in [1.29, 1.82) is 0 Å². The molecule has 0 aromatic carbocycles. The molecule has 1 heterocycles. The Bertz CT molecular complexity index is 293. The summed E-state index contributed by atoms with van der Waals surface area (Å²) in [6.45, 7) is 9.48. The zero-order valence-corrected chi connectivity index (χ0v) is 11.4. The summed E-state index contributed by atoms with van der Waals surface area (Å²) in [6.07, 6.45) is 3.50. The lowest BCUT2D eigenvalue weighted by Crippen LogP contribution is -2.61. The van der Waals surface area contributed by atoms with Crippen LogP contribution >= 0.6 is 0 Å². The van der Waals surface area contributed by atoms with Crippen molar-refractivity contribution in [1.82, 2.24) is 10.2 Å². The molecule has 1 aliphatic carbocycles. The van der Waals surface area contributed by atoms with Crippen LogP contribution in [0.4, 0.5) is 4.79 Å². The van der Waals surface area contributed by atoms with Crippen LogP contribution < -0.4 is 5.32 Å². The largest absolute Gasteiger partial charge is 0.366 e. The van der Waals surface area contributed by atoms with Gasteiger partial charge in [0.2, 0.25) is 0 Å². The molecule has 0 radical (unpaired) electrons. The summed E-state index contributed by atoms with van der Waals surface area (Å²) in [5, 5.41) is 3.09. The number of carbonyl (C=O) groups excluding carboxylic acids is 1. The van der Waals surface area contributed by atoms with Crippen LogP contribution in [0.1, 0.15) is 47.0 Å². The van der Waals surface area contributed by atoms with Gasteiger partial charge in [-0.1, -0.05) is 0 Å². The molecule has 2 amide bonds. The van der Waals surface area contributed by atoms with E-state index in [9.17, 15) is 4.79 Å². The Morgan fingerprint density at radius 1 is 1.18 bits per heavy atom. The standard InChI is InChI=1S/C13H24N2O2/c1-12(2)8-15(9-13(3,4)17-12)11(16)14-10-6-5-7-10/h10H,5-9H2,1-4H3,(H,14,16). The van der Waals surface area contributed by atoms with Crippen molar-refractivity contribution < 1.29 is 9.53 Å². The Morgan fingerprint density at radius 2 is 1.71 bits per heavy atom. The number of hydrogen-bond acceptors (Lipinski definition) is 2. The molecule has 0 bridgehead atoms. The normalized spacial score (nSPS) is 27.4. The molecule has 0 aromatic heterocycles. The molecule has 98 valence electrons. The Balaban J connectivity index is 1.96. The number of ether oxygens (including phenoxy) is 1. The lowest BCUT2D eigenvalue weighted by Gasteiger charge is -2.47. The van der Waals surface area contributed by atoms with Crippen molar-refractivity contribution >= 4 is 6.03 Å². The number of nitrogens with one attached hydrogen (secondary N) is 1. The summed E-state index contributed by atoms with van der Waals surface area (Å²) < 4.78 is 5.97. The lowest BCUT2D eigenvalue weighted by molar-refractivity contribution is -0.170. The maximum Gasteiger partial charge on any atom is 0.317 e. The SMILES string of the molecule is CC1(C)CN(C(=O)NC2CCC2)CC(C)(C)O1. The molecular weight excluding hydrogens is 216 g/mol. The number of morpholine rings is 1. The third-order valence-electron chi connectivity index (χ3n) is 3.42. The van der Waals surface area contributed by atoms with Crippen LogP contribution in [0.5, 0.6) is 0 Å². The second-order valence-corrected chi connectivity index (χ2v) is 6.55. The van der Waals surface area contributed by atoms with E-state index in [-0.39, 0.29) is 17.2 Å². The van der Waals surface area contributed by atoms with Gasteiger partial charge in [0.15, 0.2) is 0 Å². The van der Waals surface area contributed by atoms with E-state index in [0.717, 1.165) is 12.8 Å². The van der Waals surface area contributed by atoms with Gasteiger partial charge in [-0.15, -0.1) is 0 Å². The molecule has 17 heavy (non-hydrogen) atoms. The summed E-state index contributed by atoms with van der Waals surface area (Å²) in [6, 6.07) is 0.468. The quantitative estimate of drug-likeness (QED) is 0.763. The maximum absolute atomic E-state index is 12.1. The lowest BCUT2D eigenvalue weighted by atomic mass is 9.93. The van der Waals surface area contributed by atoms with Gasteiger partial charge in [-0.05, 0) is 47.0 Å². The smallest absolute Gasteiger partial charge is 0.317 e. The molecule has 0 aromatic rings. The molecule has 4 nitrogen and oxygen atoms in total. The van der Waals surface area contributed by atoms with Crippen molar-refractivity contribution in [3.05, 3.63) is 0 Å². The zero-order valence-electron chi connectivity index (χ0n) is 11.4. The van der Waals surface area contributed by atoms with Gasteiger partial charge in [-0.3, -0.25) is 0 Å². The topological polar surface area (TPSA) is 41.6 Å². The number of amides is 2. The second kappa shape index (κ2) is 4.16. The predicted molar refractivity (Wildman–Crippen MR) is 67.0 cm³/mol. The number of nitrogens with zero attached hydrogens (tertiary/aromatic N) is 1. The highest BCUT2D eigenvalue weighted by Gasteiger charge is 2.40. The summed E-state index contributed by atoms with van der Waals surface area (Å²) >= 11 is 0. The Morgan fingerprint density at radius 3 is 2.12 bits per heavy atom. The van der Waals surface area contributed by atoms with E-state index in [4.69, 9.17) is 4.74 Å². The second-order valence-electron chi connectivity index (χ2n) is 6.55. The number of rotatable bonds is 1. The third-order valence-corrected chi connectivity index (χ3v) is 3.42. The minimum atomic E-state index is -0.265. The Hall–Kier alpha value is -0.770. The molecule has 2 aliphatic rings. The van der Waals surface area contributed by atoms with Crippen LogP contribution in [0.25, 0.3) is 0 Å². The first-order valence-electron chi connectivity index (χ1n) is 6.53. The van der Waals surface area contributed by atoms with Gasteiger partial charge in [0.05, 0.1) is 24.3 Å². The zero-order chi connectivity index (χ0) is 12.7. The van der Waals surface area contributed by atoms with E-state index in [1.54, 1.807) is 0 Å². The van der Waals surface area contributed by atoms with E-state index in [1.807, 2.05) is 32.6 Å². The van der Waals surface area contributed by atoms with E-state index in [2.05, 4.69) is 5.32 Å². The molecule has 0 spiro atoms. The number of urea groups is 1. The fourth-order valence-corrected chi connectivity index (χ4v) is 2.75. The first kappa shape index (κ1) is 12.7. The molecule has 2 fully saturated rings. The van der Waals surface area contributed by atoms with Crippen LogP contribution in [0.3, 0.4) is 0 Å². The van der Waals surface area contributed by atoms with Gasteiger partial charge in [-0.25, -0.2) is 4.79 Å². The number of carbonyl (C=O) groups is 1. The Labute approximate surface area is 104 Å². The van der Waals surface area contributed by atoms with Gasteiger partial charge in [0, 0.05) is 6.04 Å². The van der Waals surface area contributed by atoms with Crippen LogP contribution in [-0.4, -0.2) is 41.3 Å². The summed E-state index contributed by atoms with van der Waals surface area (Å²) in [5.41, 5.74) is -0.530. The average molecular weight is 240 g/mol. The summed E-state index contributed by atoms with van der Waals surface area (Å²) in [7, 11) is 0. The van der Waals surface area contributed by atoms with Crippen molar-refractivity contribution in [3.8, 4) is 0 Å². The van der Waals surface area contributed by atoms with Crippen LogP contribution in [0, 0.1) is 0 Å². The molecule has 0 unspecified atom stereocenters. The van der Waals surface area contributed by atoms with Gasteiger partial charge < -0.3 is 15.0 Å². The number of hydrogen-bond donors (Lipinski definition) is 1. The monoisotopic (exact) mass is 240 g/mol. The minimum Gasteiger partial charge on any atom is -0.366 e. The molecule has 1 aliphatic heterocycles. The van der Waals surface area contributed by atoms with Crippen LogP contribution in [0.15, 0.2) is 0 Å². The molecule has 1 N–H and O–H groups in total. The third kappa shape index (κ3) is 3.12. The highest BCUT2D eigenvalue weighted by Crippen LogP contribution is 2.28. The first-order valence-corrected chi connectivity index (χ1v) is 6.53. The van der Waals surface area contributed by atoms with Crippen molar-refractivity contribution in [3.63, 3.8) is 0 Å². The minimum absolute atomic E-state index is 0.0687. The van der Waals surface area contributed by atoms with Crippen molar-refractivity contribution in [2.45, 2.75) is 64.2 Å². The van der Waals surface area contributed by atoms with Crippen molar-refractivity contribution in [2.24, 2.45) is 0 Å². The van der Waals surface area contributed by atoms with Crippen LogP contribution in [-0.2, 0) is 4.74 Å². The van der Waals surface area contributed by atoms with Gasteiger partial charge in [0.1, 0.15) is 0 Å². The molecule has 1 saturated heterocycles. The molecule has 4 heteroatoms. The van der Waals surface area contributed by atoms with E-state index in [0.29, 0.717) is 19.1 Å². The molecule has 1 saturated carbocycles. The van der Waals surface area contributed by atoms with Gasteiger partial charge in [-0.2, -0.15) is 0 Å². The summed E-state index contributed by atoms with van der Waals surface area (Å²) in [4.78, 5) is 14.0. The van der Waals surface area contributed by atoms with E-state index < -0.39 is 0 Å². The highest BCUT2D eigenvalue weighted by molar-refractivity contribution is 5.75. The van der Waals surface area contributed by atoms with Crippen molar-refractivity contribution in [2.75, 3.05) is 13.1 Å². The van der Waals surface area contributed by atoms with Gasteiger partial charge in [0.25, 0.3) is 0 Å². The van der Waals surface area contributed by atoms with E-state index >= 15 is 0 Å². The highest BCUT2D eigenvalue weighted by atomic mass is 16.5. The van der Waals surface area contributed by atoms with E-state index in [1.165, 1.54) is 6.42 Å².